The summed E-state index contributed by atoms with van der Waals surface area (Å²) in [6.07, 6.45) is 5.14. The van der Waals surface area contributed by atoms with Crippen LogP contribution in [0.3, 0.4) is 0 Å². The molecule has 0 saturated carbocycles. The summed E-state index contributed by atoms with van der Waals surface area (Å²) < 4.78 is 0. The van der Waals surface area contributed by atoms with Crippen LogP contribution in [0.1, 0.15) is 42.5 Å². The molecule has 3 heterocycles. The summed E-state index contributed by atoms with van der Waals surface area (Å²) in [5, 5.41) is 2.80. The summed E-state index contributed by atoms with van der Waals surface area (Å²) in [5.74, 6) is 0.491. The van der Waals surface area contributed by atoms with E-state index in [1.165, 1.54) is 17.7 Å². The topological polar surface area (TPSA) is 82.6 Å². The van der Waals surface area contributed by atoms with Gasteiger partial charge >= 0.3 is 0 Å². The van der Waals surface area contributed by atoms with Gasteiger partial charge in [-0.25, -0.2) is 4.98 Å². The molecule has 3 rings (SSSR count). The van der Waals surface area contributed by atoms with E-state index < -0.39 is 0 Å². The molecule has 24 heavy (non-hydrogen) atoms. The lowest BCUT2D eigenvalue weighted by Crippen LogP contribution is -2.33. The molecule has 0 aromatic carbocycles. The van der Waals surface area contributed by atoms with E-state index in [1.54, 1.807) is 12.3 Å². The number of amides is 3. The van der Waals surface area contributed by atoms with Crippen LogP contribution in [0.15, 0.2) is 18.3 Å². The fraction of sp³-hybridized carbons (Fsp3) is 0.529. The Morgan fingerprint density at radius 2 is 1.83 bits per heavy atom. The molecule has 7 heteroatoms. The van der Waals surface area contributed by atoms with Crippen molar-refractivity contribution in [3.63, 3.8) is 0 Å². The van der Waals surface area contributed by atoms with E-state index in [-0.39, 0.29) is 17.7 Å². The highest BCUT2D eigenvalue weighted by atomic mass is 16.2. The van der Waals surface area contributed by atoms with E-state index in [4.69, 9.17) is 0 Å². The predicted octanol–water partition coefficient (Wildman–Crippen LogP) is 0.951. The Bertz CT molecular complexity index is 607. The van der Waals surface area contributed by atoms with Gasteiger partial charge in [0.05, 0.1) is 5.56 Å². The van der Waals surface area contributed by atoms with Gasteiger partial charge in [-0.1, -0.05) is 0 Å². The highest BCUT2D eigenvalue weighted by molar-refractivity contribution is 6.01. The van der Waals surface area contributed by atoms with Gasteiger partial charge < -0.3 is 10.2 Å². The van der Waals surface area contributed by atoms with Crippen LogP contribution in [0.5, 0.6) is 0 Å². The first-order valence-electron chi connectivity index (χ1n) is 8.47. The van der Waals surface area contributed by atoms with Crippen molar-refractivity contribution in [2.75, 3.05) is 31.1 Å². The molecule has 0 atom stereocenters. The maximum Gasteiger partial charge on any atom is 0.252 e. The third-order valence-corrected chi connectivity index (χ3v) is 4.44. The summed E-state index contributed by atoms with van der Waals surface area (Å²) in [6, 6.07) is 3.66. The molecule has 0 aliphatic carbocycles. The molecule has 128 valence electrons. The van der Waals surface area contributed by atoms with E-state index in [0.717, 1.165) is 18.9 Å². The first-order valence-corrected chi connectivity index (χ1v) is 8.47. The minimum absolute atomic E-state index is 0.118. The molecule has 2 aliphatic rings. The molecule has 2 fully saturated rings. The fourth-order valence-electron chi connectivity index (χ4n) is 3.07. The summed E-state index contributed by atoms with van der Waals surface area (Å²) in [5.41, 5.74) is 0.520. The van der Waals surface area contributed by atoms with E-state index in [0.29, 0.717) is 37.9 Å². The van der Waals surface area contributed by atoms with Gasteiger partial charge in [-0.2, -0.15) is 0 Å². The largest absolute Gasteiger partial charge is 0.357 e. The van der Waals surface area contributed by atoms with Crippen LogP contribution in [0, 0.1) is 0 Å². The van der Waals surface area contributed by atoms with Crippen LogP contribution >= 0.6 is 0 Å². The SMILES string of the molecule is O=C(NCCCN1C(=O)CCC1=O)c1ccc(N2CCCC2)nc1. The minimum Gasteiger partial charge on any atom is -0.357 e. The van der Waals surface area contributed by atoms with Crippen LogP contribution in [0.25, 0.3) is 0 Å². The molecule has 3 amide bonds. The molecule has 1 aromatic rings. The molecule has 0 bridgehead atoms. The maximum atomic E-state index is 12.1. The zero-order chi connectivity index (χ0) is 16.9. The van der Waals surface area contributed by atoms with E-state index in [9.17, 15) is 14.4 Å². The monoisotopic (exact) mass is 330 g/mol. The lowest BCUT2D eigenvalue weighted by Gasteiger charge is -2.16. The molecule has 0 spiro atoms. The van der Waals surface area contributed by atoms with Crippen molar-refractivity contribution in [1.29, 1.82) is 0 Å². The summed E-state index contributed by atoms with van der Waals surface area (Å²) in [6.45, 7) is 2.83. The summed E-state index contributed by atoms with van der Waals surface area (Å²) in [7, 11) is 0. The van der Waals surface area contributed by atoms with Gasteiger partial charge in [-0.05, 0) is 31.4 Å². The number of carbonyl (C=O) groups excluding carboxylic acids is 3. The molecule has 2 saturated heterocycles. The number of nitrogens with one attached hydrogen (secondary N) is 1. The van der Waals surface area contributed by atoms with Gasteiger partial charge in [0.25, 0.3) is 5.91 Å². The van der Waals surface area contributed by atoms with Crippen molar-refractivity contribution in [2.24, 2.45) is 0 Å². The lowest BCUT2D eigenvalue weighted by atomic mass is 10.2. The van der Waals surface area contributed by atoms with E-state index in [1.807, 2.05) is 6.07 Å². The molecule has 1 aromatic heterocycles. The zero-order valence-electron chi connectivity index (χ0n) is 13.7. The minimum atomic E-state index is -0.186. The second kappa shape index (κ2) is 7.42. The summed E-state index contributed by atoms with van der Waals surface area (Å²) >= 11 is 0. The number of aromatic nitrogens is 1. The molecule has 1 N–H and O–H groups in total. The van der Waals surface area contributed by atoms with Crippen LogP contribution in [-0.2, 0) is 9.59 Å². The highest BCUT2D eigenvalue weighted by Gasteiger charge is 2.27. The molecule has 7 nitrogen and oxygen atoms in total. The van der Waals surface area contributed by atoms with E-state index in [2.05, 4.69) is 15.2 Å². The second-order valence-corrected chi connectivity index (χ2v) is 6.15. The van der Waals surface area contributed by atoms with Gasteiger partial charge in [-0.15, -0.1) is 0 Å². The summed E-state index contributed by atoms with van der Waals surface area (Å²) in [4.78, 5) is 42.9. The van der Waals surface area contributed by atoms with Crippen molar-refractivity contribution < 1.29 is 14.4 Å². The third kappa shape index (κ3) is 3.72. The van der Waals surface area contributed by atoms with Crippen LogP contribution < -0.4 is 10.2 Å². The average molecular weight is 330 g/mol. The molecular weight excluding hydrogens is 308 g/mol. The van der Waals surface area contributed by atoms with Crippen LogP contribution in [0.4, 0.5) is 5.82 Å². The fourth-order valence-corrected chi connectivity index (χ4v) is 3.07. The van der Waals surface area contributed by atoms with E-state index >= 15 is 0 Å². The Morgan fingerprint density at radius 3 is 2.46 bits per heavy atom. The van der Waals surface area contributed by atoms with Crippen molar-refractivity contribution in [1.82, 2.24) is 15.2 Å². The standard InChI is InChI=1S/C17H22N4O3/c22-15-6-7-16(23)21(15)11-3-8-18-17(24)13-4-5-14(19-12-13)20-9-1-2-10-20/h4-5,12H,1-3,6-11H2,(H,18,24). The number of likely N-dealkylation sites (tertiary alicyclic amines) is 1. The van der Waals surface area contributed by atoms with Crippen molar-refractivity contribution in [2.45, 2.75) is 32.1 Å². The van der Waals surface area contributed by atoms with Crippen molar-refractivity contribution in [3.8, 4) is 0 Å². The van der Waals surface area contributed by atoms with Gasteiger partial charge in [0.1, 0.15) is 5.82 Å². The van der Waals surface area contributed by atoms with Crippen molar-refractivity contribution in [3.05, 3.63) is 23.9 Å². The normalized spacial score (nSPS) is 17.7. The zero-order valence-corrected chi connectivity index (χ0v) is 13.7. The average Bonchev–Trinajstić information content (AvgIpc) is 3.23. The molecule has 0 unspecified atom stereocenters. The Morgan fingerprint density at radius 1 is 1.12 bits per heavy atom. The molecule has 2 aliphatic heterocycles. The Hall–Kier alpha value is -2.44. The number of hydrogen-bond acceptors (Lipinski definition) is 5. The molecular formula is C17H22N4O3. The number of hydrogen-bond donors (Lipinski definition) is 1. The quantitative estimate of drug-likeness (QED) is 0.620. The number of rotatable bonds is 6. The third-order valence-electron chi connectivity index (χ3n) is 4.44. The number of anilines is 1. The predicted molar refractivity (Wildman–Crippen MR) is 88.6 cm³/mol. The second-order valence-electron chi connectivity index (χ2n) is 6.15. The Balaban J connectivity index is 1.43. The highest BCUT2D eigenvalue weighted by Crippen LogP contribution is 2.17. The number of pyridine rings is 1. The number of imide groups is 1. The van der Waals surface area contributed by atoms with Gasteiger partial charge in [0.15, 0.2) is 0 Å². The number of nitrogens with zero attached hydrogens (tertiary/aromatic N) is 3. The van der Waals surface area contributed by atoms with Crippen LogP contribution in [-0.4, -0.2) is 53.8 Å². The molecule has 0 radical (unpaired) electrons. The smallest absolute Gasteiger partial charge is 0.252 e. The van der Waals surface area contributed by atoms with Gasteiger partial charge in [-0.3, -0.25) is 19.3 Å². The van der Waals surface area contributed by atoms with Crippen molar-refractivity contribution >= 4 is 23.5 Å². The Kier molecular flexibility index (Phi) is 5.08. The number of carbonyl (C=O) groups is 3. The van der Waals surface area contributed by atoms with Gasteiger partial charge in [0, 0.05) is 45.2 Å². The maximum absolute atomic E-state index is 12.1. The Labute approximate surface area is 141 Å². The first kappa shape index (κ1) is 16.4. The first-order chi connectivity index (χ1) is 11.6. The van der Waals surface area contributed by atoms with Gasteiger partial charge in [0.2, 0.25) is 11.8 Å². The lowest BCUT2D eigenvalue weighted by molar-refractivity contribution is -0.138. The van der Waals surface area contributed by atoms with Crippen LogP contribution in [0.2, 0.25) is 0 Å².